The maximum atomic E-state index is 13.8. The first-order chi connectivity index (χ1) is 15.1. The van der Waals surface area contributed by atoms with Crippen LogP contribution in [0.25, 0.3) is 15.9 Å². The van der Waals surface area contributed by atoms with E-state index >= 15 is 0 Å². The molecule has 0 saturated heterocycles. The molecule has 0 aliphatic heterocycles. The lowest BCUT2D eigenvalue weighted by atomic mass is 10.1. The lowest BCUT2D eigenvalue weighted by Crippen LogP contribution is -2.27. The van der Waals surface area contributed by atoms with Crippen molar-refractivity contribution in [1.29, 1.82) is 0 Å². The van der Waals surface area contributed by atoms with Crippen molar-refractivity contribution < 1.29 is 9.53 Å². The van der Waals surface area contributed by atoms with Crippen LogP contribution < -0.4 is 15.6 Å². The van der Waals surface area contributed by atoms with Crippen molar-refractivity contribution in [1.82, 2.24) is 14.9 Å². The summed E-state index contributed by atoms with van der Waals surface area (Å²) in [6, 6.07) is 7.39. The summed E-state index contributed by atoms with van der Waals surface area (Å²) in [4.78, 5) is 32.9. The van der Waals surface area contributed by atoms with Gasteiger partial charge in [0.15, 0.2) is 5.16 Å². The second-order valence-electron chi connectivity index (χ2n) is 7.62. The summed E-state index contributed by atoms with van der Waals surface area (Å²) >= 11 is 2.95. The highest BCUT2D eigenvalue weighted by Crippen LogP contribution is 2.34. The molecule has 0 bridgehead atoms. The van der Waals surface area contributed by atoms with E-state index in [9.17, 15) is 9.59 Å². The zero-order chi connectivity index (χ0) is 21.8. The molecule has 3 aromatic rings. The van der Waals surface area contributed by atoms with Gasteiger partial charge in [-0.2, -0.15) is 0 Å². The first kappa shape index (κ1) is 21.9. The Hall–Kier alpha value is -2.32. The summed E-state index contributed by atoms with van der Waals surface area (Å²) in [5, 5.41) is 4.18. The van der Waals surface area contributed by atoms with E-state index in [-0.39, 0.29) is 17.2 Å². The van der Waals surface area contributed by atoms with Crippen molar-refractivity contribution >= 4 is 39.2 Å². The Morgan fingerprint density at radius 2 is 2.00 bits per heavy atom. The highest BCUT2D eigenvalue weighted by molar-refractivity contribution is 7.99. The molecule has 0 unspecified atom stereocenters. The normalized spacial score (nSPS) is 13.6. The largest absolute Gasteiger partial charge is 0.497 e. The van der Waals surface area contributed by atoms with Crippen LogP contribution in [0, 0.1) is 0 Å². The number of aryl methyl sites for hydroxylation is 2. The highest BCUT2D eigenvalue weighted by atomic mass is 32.2. The molecule has 1 amide bonds. The first-order valence-electron chi connectivity index (χ1n) is 10.7. The maximum Gasteiger partial charge on any atom is 0.267 e. The predicted molar refractivity (Wildman–Crippen MR) is 127 cm³/mol. The minimum absolute atomic E-state index is 0.0500. The van der Waals surface area contributed by atoms with Gasteiger partial charge < -0.3 is 10.1 Å². The Balaban J connectivity index is 1.81. The number of aromatic nitrogens is 2. The molecular formula is C23H27N3O3S2. The maximum absolute atomic E-state index is 13.8. The molecule has 1 N–H and O–H groups in total. The number of hydrogen-bond donors (Lipinski definition) is 1. The molecule has 2 heterocycles. The molecule has 4 rings (SSSR count). The molecule has 164 valence electrons. The van der Waals surface area contributed by atoms with E-state index in [1.54, 1.807) is 23.0 Å². The van der Waals surface area contributed by atoms with Gasteiger partial charge in [0.1, 0.15) is 10.6 Å². The minimum Gasteiger partial charge on any atom is -0.497 e. The number of thiophene rings is 1. The zero-order valence-corrected chi connectivity index (χ0v) is 19.5. The number of fused-ring (bicyclic) bond motifs is 3. The Kier molecular flexibility index (Phi) is 6.97. The number of nitrogens with zero attached hydrogens (tertiary/aromatic N) is 2. The number of hydrogen-bond acceptors (Lipinski definition) is 6. The lowest BCUT2D eigenvalue weighted by Gasteiger charge is -2.13. The second kappa shape index (κ2) is 9.87. The number of rotatable bonds is 7. The van der Waals surface area contributed by atoms with Crippen molar-refractivity contribution in [2.75, 3.05) is 19.4 Å². The van der Waals surface area contributed by atoms with Crippen molar-refractivity contribution in [2.45, 2.75) is 50.6 Å². The third-order valence-electron chi connectivity index (χ3n) is 5.44. The van der Waals surface area contributed by atoms with Gasteiger partial charge in [0.25, 0.3) is 5.56 Å². The number of nitrogens with one attached hydrogen (secondary N) is 1. The molecule has 1 aliphatic rings. The van der Waals surface area contributed by atoms with E-state index in [1.807, 2.05) is 31.2 Å². The number of amides is 1. The van der Waals surface area contributed by atoms with Gasteiger partial charge >= 0.3 is 0 Å². The number of benzene rings is 1. The molecule has 1 aromatic carbocycles. The molecule has 31 heavy (non-hydrogen) atoms. The second-order valence-corrected chi connectivity index (χ2v) is 9.64. The Morgan fingerprint density at radius 1 is 1.23 bits per heavy atom. The fourth-order valence-corrected chi connectivity index (χ4v) is 6.01. The van der Waals surface area contributed by atoms with Gasteiger partial charge in [-0.1, -0.05) is 25.1 Å². The minimum atomic E-state index is -0.0514. The molecule has 2 aromatic heterocycles. The summed E-state index contributed by atoms with van der Waals surface area (Å²) in [6.07, 6.45) is 6.29. The number of ether oxygens (including phenoxy) is 1. The smallest absolute Gasteiger partial charge is 0.267 e. The van der Waals surface area contributed by atoms with Gasteiger partial charge in [-0.15, -0.1) is 11.3 Å². The average Bonchev–Trinajstić information content (AvgIpc) is 2.97. The van der Waals surface area contributed by atoms with Gasteiger partial charge in [-0.05, 0) is 61.9 Å². The standard InChI is InChI=1S/C23H27N3O3S2/c1-3-13-24-19(27)14-30-23-25-21-20(17-7-5-4-6-8-18(17)31-21)22(28)26(23)15-9-11-16(29-2)12-10-15/h9-12H,3-8,13-14H2,1-2H3,(H,24,27). The molecule has 6 nitrogen and oxygen atoms in total. The number of carbonyl (C=O) groups is 1. The van der Waals surface area contributed by atoms with Crippen molar-refractivity contribution in [3.63, 3.8) is 0 Å². The van der Waals surface area contributed by atoms with E-state index in [4.69, 9.17) is 9.72 Å². The van der Waals surface area contributed by atoms with Crippen molar-refractivity contribution in [2.24, 2.45) is 0 Å². The van der Waals surface area contributed by atoms with Crippen LogP contribution in [0.2, 0.25) is 0 Å². The van der Waals surface area contributed by atoms with Gasteiger partial charge in [-0.25, -0.2) is 4.98 Å². The summed E-state index contributed by atoms with van der Waals surface area (Å²) in [6.45, 7) is 2.67. The fourth-order valence-electron chi connectivity index (χ4n) is 3.86. The zero-order valence-electron chi connectivity index (χ0n) is 17.9. The van der Waals surface area contributed by atoms with Gasteiger partial charge in [0.2, 0.25) is 5.91 Å². The van der Waals surface area contributed by atoms with E-state index in [1.165, 1.54) is 28.6 Å². The van der Waals surface area contributed by atoms with Crippen LogP contribution in [0.1, 0.15) is 43.0 Å². The summed E-state index contributed by atoms with van der Waals surface area (Å²) < 4.78 is 6.92. The molecule has 0 atom stereocenters. The van der Waals surface area contributed by atoms with Gasteiger partial charge in [0.05, 0.1) is 23.9 Å². The average molecular weight is 458 g/mol. The highest BCUT2D eigenvalue weighted by Gasteiger charge is 2.22. The Bertz CT molecular complexity index is 1140. The number of methoxy groups -OCH3 is 1. The third-order valence-corrected chi connectivity index (χ3v) is 7.57. The third kappa shape index (κ3) is 4.65. The van der Waals surface area contributed by atoms with Crippen LogP contribution in [-0.2, 0) is 17.6 Å². The summed E-state index contributed by atoms with van der Waals surface area (Å²) in [5.74, 6) is 0.895. The van der Waals surface area contributed by atoms with E-state index in [0.29, 0.717) is 11.7 Å². The molecule has 0 saturated carbocycles. The lowest BCUT2D eigenvalue weighted by molar-refractivity contribution is -0.118. The number of thioether (sulfide) groups is 1. The molecule has 0 radical (unpaired) electrons. The van der Waals surface area contributed by atoms with Crippen molar-refractivity contribution in [3.8, 4) is 11.4 Å². The molecule has 8 heteroatoms. The summed E-state index contributed by atoms with van der Waals surface area (Å²) in [5.41, 5.74) is 1.85. The Labute approximate surface area is 190 Å². The van der Waals surface area contributed by atoms with Crippen LogP contribution in [-0.4, -0.2) is 34.9 Å². The quantitative estimate of drug-likeness (QED) is 0.325. The fraction of sp³-hybridized carbons (Fsp3) is 0.435. The van der Waals surface area contributed by atoms with Gasteiger partial charge in [0, 0.05) is 11.4 Å². The van der Waals surface area contributed by atoms with E-state index < -0.39 is 0 Å². The van der Waals surface area contributed by atoms with Crippen LogP contribution >= 0.6 is 23.1 Å². The van der Waals surface area contributed by atoms with Crippen molar-refractivity contribution in [3.05, 3.63) is 45.1 Å². The topological polar surface area (TPSA) is 73.2 Å². The monoisotopic (exact) mass is 457 g/mol. The van der Waals surface area contributed by atoms with Crippen LogP contribution in [0.3, 0.4) is 0 Å². The predicted octanol–water partition coefficient (Wildman–Crippen LogP) is 4.34. The van der Waals surface area contributed by atoms with E-state index in [2.05, 4.69) is 5.32 Å². The van der Waals surface area contributed by atoms with Crippen LogP contribution in [0.15, 0.2) is 34.2 Å². The number of carbonyl (C=O) groups excluding carboxylic acids is 1. The first-order valence-corrected chi connectivity index (χ1v) is 12.5. The molecule has 0 fully saturated rings. The summed E-state index contributed by atoms with van der Waals surface area (Å²) in [7, 11) is 1.62. The molecular weight excluding hydrogens is 430 g/mol. The van der Waals surface area contributed by atoms with E-state index in [0.717, 1.165) is 53.8 Å². The van der Waals surface area contributed by atoms with Gasteiger partial charge in [-0.3, -0.25) is 14.2 Å². The molecule has 0 spiro atoms. The molecule has 1 aliphatic carbocycles. The van der Waals surface area contributed by atoms with Crippen LogP contribution in [0.5, 0.6) is 5.75 Å². The SMILES string of the molecule is CCCNC(=O)CSc1nc2sc3c(c2c(=O)n1-c1ccc(OC)cc1)CCCCC3. The Morgan fingerprint density at radius 3 is 2.74 bits per heavy atom. The van der Waals surface area contributed by atoms with Crippen LogP contribution in [0.4, 0.5) is 0 Å².